The number of amides is 2. The summed E-state index contributed by atoms with van der Waals surface area (Å²) in [6, 6.07) is 5.79. The van der Waals surface area contributed by atoms with E-state index >= 15 is 0 Å². The van der Waals surface area contributed by atoms with Gasteiger partial charge in [0.15, 0.2) is 0 Å². The van der Waals surface area contributed by atoms with Gasteiger partial charge in [0.05, 0.1) is 0 Å². The van der Waals surface area contributed by atoms with E-state index in [1.165, 1.54) is 6.07 Å². The maximum Gasteiger partial charge on any atom is 0.242 e. The highest BCUT2D eigenvalue weighted by molar-refractivity contribution is 5.90. The standard InChI is InChI=1S/C12H13FN2O2/c13-9-4-2-1-3-8(9)7-14-12(17)10-5-6-11(16)15-10/h1-4,10H,5-7H2,(H,14,17)(H,15,16). The fourth-order valence-corrected chi connectivity index (χ4v) is 1.76. The second-order valence-electron chi connectivity index (χ2n) is 3.97. The predicted molar refractivity (Wildman–Crippen MR) is 59.4 cm³/mol. The van der Waals surface area contributed by atoms with E-state index in [2.05, 4.69) is 10.6 Å². The van der Waals surface area contributed by atoms with Gasteiger partial charge in [-0.1, -0.05) is 18.2 Å². The molecule has 1 saturated heterocycles. The fourth-order valence-electron chi connectivity index (χ4n) is 1.76. The zero-order valence-electron chi connectivity index (χ0n) is 9.20. The van der Waals surface area contributed by atoms with Crippen molar-refractivity contribution in [3.05, 3.63) is 35.6 Å². The number of hydrogen-bond acceptors (Lipinski definition) is 2. The molecule has 1 heterocycles. The van der Waals surface area contributed by atoms with Crippen molar-refractivity contribution in [2.75, 3.05) is 0 Å². The highest BCUT2D eigenvalue weighted by Gasteiger charge is 2.26. The lowest BCUT2D eigenvalue weighted by Gasteiger charge is -2.11. The third-order valence-electron chi connectivity index (χ3n) is 2.72. The lowest BCUT2D eigenvalue weighted by molar-refractivity contribution is -0.125. The van der Waals surface area contributed by atoms with E-state index in [9.17, 15) is 14.0 Å². The Balaban J connectivity index is 1.88. The van der Waals surface area contributed by atoms with Crippen LogP contribution >= 0.6 is 0 Å². The number of benzene rings is 1. The van der Waals surface area contributed by atoms with Crippen LogP contribution in [0, 0.1) is 5.82 Å². The zero-order valence-corrected chi connectivity index (χ0v) is 9.20. The van der Waals surface area contributed by atoms with Gasteiger partial charge < -0.3 is 10.6 Å². The van der Waals surface area contributed by atoms with Crippen molar-refractivity contribution < 1.29 is 14.0 Å². The SMILES string of the molecule is O=C1CCC(C(=O)NCc2ccccc2F)N1. The monoisotopic (exact) mass is 236 g/mol. The fraction of sp³-hybridized carbons (Fsp3) is 0.333. The zero-order chi connectivity index (χ0) is 12.3. The van der Waals surface area contributed by atoms with Crippen molar-refractivity contribution in [3.8, 4) is 0 Å². The molecule has 1 fully saturated rings. The van der Waals surface area contributed by atoms with Crippen LogP contribution in [0.25, 0.3) is 0 Å². The molecule has 4 nitrogen and oxygen atoms in total. The first-order valence-corrected chi connectivity index (χ1v) is 5.47. The van der Waals surface area contributed by atoms with E-state index in [1.807, 2.05) is 0 Å². The maximum absolute atomic E-state index is 13.3. The lowest BCUT2D eigenvalue weighted by Crippen LogP contribution is -2.41. The van der Waals surface area contributed by atoms with E-state index < -0.39 is 6.04 Å². The van der Waals surface area contributed by atoms with Gasteiger partial charge >= 0.3 is 0 Å². The molecule has 1 aliphatic rings. The highest BCUT2D eigenvalue weighted by Crippen LogP contribution is 2.08. The second-order valence-corrected chi connectivity index (χ2v) is 3.97. The summed E-state index contributed by atoms with van der Waals surface area (Å²) in [7, 11) is 0. The first-order valence-electron chi connectivity index (χ1n) is 5.47. The third kappa shape index (κ3) is 2.81. The van der Waals surface area contributed by atoms with Crippen LogP contribution in [0.1, 0.15) is 18.4 Å². The topological polar surface area (TPSA) is 58.2 Å². The molecular weight excluding hydrogens is 223 g/mol. The van der Waals surface area contributed by atoms with Gasteiger partial charge in [0, 0.05) is 18.5 Å². The molecule has 2 N–H and O–H groups in total. The van der Waals surface area contributed by atoms with Crippen molar-refractivity contribution in [1.82, 2.24) is 10.6 Å². The van der Waals surface area contributed by atoms with Crippen LogP contribution in [0.5, 0.6) is 0 Å². The molecule has 0 bridgehead atoms. The summed E-state index contributed by atoms with van der Waals surface area (Å²) >= 11 is 0. The van der Waals surface area contributed by atoms with Gasteiger partial charge in [-0.05, 0) is 12.5 Å². The van der Waals surface area contributed by atoms with Crippen molar-refractivity contribution in [2.24, 2.45) is 0 Å². The molecule has 2 rings (SSSR count). The van der Waals surface area contributed by atoms with Crippen LogP contribution in [0.4, 0.5) is 4.39 Å². The Labute approximate surface area is 98.2 Å². The van der Waals surface area contributed by atoms with Gasteiger partial charge in [0.25, 0.3) is 0 Å². The van der Waals surface area contributed by atoms with E-state index in [1.54, 1.807) is 18.2 Å². The van der Waals surface area contributed by atoms with E-state index in [-0.39, 0.29) is 24.2 Å². The molecule has 17 heavy (non-hydrogen) atoms. The molecule has 1 aromatic rings. The summed E-state index contributed by atoms with van der Waals surface area (Å²) in [4.78, 5) is 22.6. The molecule has 90 valence electrons. The number of nitrogens with one attached hydrogen (secondary N) is 2. The Hall–Kier alpha value is -1.91. The number of hydrogen-bond donors (Lipinski definition) is 2. The van der Waals surface area contributed by atoms with Crippen molar-refractivity contribution in [2.45, 2.75) is 25.4 Å². The average molecular weight is 236 g/mol. The molecular formula is C12H13FN2O2. The quantitative estimate of drug-likeness (QED) is 0.812. The first-order chi connectivity index (χ1) is 8.16. The Bertz CT molecular complexity index is 448. The minimum absolute atomic E-state index is 0.115. The molecule has 0 aromatic heterocycles. The minimum Gasteiger partial charge on any atom is -0.350 e. The van der Waals surface area contributed by atoms with Crippen LogP contribution < -0.4 is 10.6 Å². The van der Waals surface area contributed by atoms with Gasteiger partial charge in [0.1, 0.15) is 11.9 Å². The maximum atomic E-state index is 13.3. The number of carbonyl (C=O) groups is 2. The van der Waals surface area contributed by atoms with Crippen molar-refractivity contribution in [3.63, 3.8) is 0 Å². The normalized spacial score (nSPS) is 18.9. The molecule has 0 aliphatic carbocycles. The lowest BCUT2D eigenvalue weighted by atomic mass is 10.2. The molecule has 5 heteroatoms. The van der Waals surface area contributed by atoms with Crippen molar-refractivity contribution >= 4 is 11.8 Å². The molecule has 1 aliphatic heterocycles. The molecule has 0 radical (unpaired) electrons. The van der Waals surface area contributed by atoms with Gasteiger partial charge in [0.2, 0.25) is 11.8 Å². The molecule has 0 spiro atoms. The summed E-state index contributed by atoms with van der Waals surface area (Å²) in [5, 5.41) is 5.17. The van der Waals surface area contributed by atoms with Crippen molar-refractivity contribution in [1.29, 1.82) is 0 Å². The third-order valence-corrected chi connectivity index (χ3v) is 2.72. The van der Waals surface area contributed by atoms with Crippen LogP contribution in [-0.4, -0.2) is 17.9 Å². The van der Waals surface area contributed by atoms with Crippen LogP contribution in [-0.2, 0) is 16.1 Å². The smallest absolute Gasteiger partial charge is 0.242 e. The Morgan fingerprint density at radius 3 is 2.88 bits per heavy atom. The summed E-state index contributed by atoms with van der Waals surface area (Å²) in [5.74, 6) is -0.724. The Morgan fingerprint density at radius 1 is 1.47 bits per heavy atom. The van der Waals surface area contributed by atoms with Crippen LogP contribution in [0.3, 0.4) is 0 Å². The number of rotatable bonds is 3. The number of carbonyl (C=O) groups excluding carboxylic acids is 2. The predicted octanol–water partition coefficient (Wildman–Crippen LogP) is 0.720. The Morgan fingerprint density at radius 2 is 2.24 bits per heavy atom. The van der Waals surface area contributed by atoms with Gasteiger partial charge in [-0.15, -0.1) is 0 Å². The molecule has 1 atom stereocenters. The highest BCUT2D eigenvalue weighted by atomic mass is 19.1. The molecule has 1 unspecified atom stereocenters. The second kappa shape index (κ2) is 4.95. The van der Waals surface area contributed by atoms with Gasteiger partial charge in [-0.25, -0.2) is 4.39 Å². The van der Waals surface area contributed by atoms with E-state index in [4.69, 9.17) is 0 Å². The summed E-state index contributed by atoms with van der Waals surface area (Å²) in [6.45, 7) is 0.137. The summed E-state index contributed by atoms with van der Waals surface area (Å²) in [6.07, 6.45) is 0.875. The Kier molecular flexibility index (Phi) is 3.37. The summed E-state index contributed by atoms with van der Waals surface area (Å²) < 4.78 is 13.3. The molecule has 0 saturated carbocycles. The van der Waals surface area contributed by atoms with E-state index in [0.717, 1.165) is 0 Å². The van der Waals surface area contributed by atoms with Gasteiger partial charge in [-0.2, -0.15) is 0 Å². The van der Waals surface area contributed by atoms with Crippen LogP contribution in [0.15, 0.2) is 24.3 Å². The van der Waals surface area contributed by atoms with Gasteiger partial charge in [-0.3, -0.25) is 9.59 Å². The first kappa shape index (κ1) is 11.6. The van der Waals surface area contributed by atoms with Crippen LogP contribution in [0.2, 0.25) is 0 Å². The summed E-state index contributed by atoms with van der Waals surface area (Å²) in [5.41, 5.74) is 0.435. The molecule has 1 aromatic carbocycles. The number of halogens is 1. The minimum atomic E-state index is -0.478. The average Bonchev–Trinajstić information content (AvgIpc) is 2.74. The van der Waals surface area contributed by atoms with E-state index in [0.29, 0.717) is 18.4 Å². The largest absolute Gasteiger partial charge is 0.350 e. The molecule has 2 amide bonds.